The van der Waals surface area contributed by atoms with Gasteiger partial charge in [0.1, 0.15) is 0 Å². The molecule has 1 aliphatic rings. The molecule has 108 valence electrons. The van der Waals surface area contributed by atoms with E-state index in [0.29, 0.717) is 5.89 Å². The highest BCUT2D eigenvalue weighted by Gasteiger charge is 2.20. The van der Waals surface area contributed by atoms with E-state index in [2.05, 4.69) is 40.3 Å². The lowest BCUT2D eigenvalue weighted by atomic mass is 10.1. The molecule has 2 aromatic heterocycles. The van der Waals surface area contributed by atoms with Gasteiger partial charge in [-0.1, -0.05) is 11.6 Å². The summed E-state index contributed by atoms with van der Waals surface area (Å²) in [7, 11) is 0. The summed E-state index contributed by atoms with van der Waals surface area (Å²) in [5.74, 6) is 1.64. The molecule has 5 nitrogen and oxygen atoms in total. The van der Waals surface area contributed by atoms with E-state index in [1.807, 2.05) is 6.92 Å². The summed E-state index contributed by atoms with van der Waals surface area (Å²) >= 11 is 0. The van der Waals surface area contributed by atoms with Crippen LogP contribution in [0, 0.1) is 13.8 Å². The Bertz CT molecular complexity index is 818. The normalized spacial score (nSPS) is 16.0. The minimum atomic E-state index is 0.692. The van der Waals surface area contributed by atoms with Gasteiger partial charge in [0.05, 0.1) is 5.52 Å². The zero-order valence-electron chi connectivity index (χ0n) is 12.3. The summed E-state index contributed by atoms with van der Waals surface area (Å²) in [5, 5.41) is 4.41. The van der Waals surface area contributed by atoms with Crippen molar-refractivity contribution >= 4 is 27.8 Å². The second kappa shape index (κ2) is 4.70. The number of pyridine rings is 1. The molecular formula is C16H18N4O. The Morgan fingerprint density at radius 2 is 1.95 bits per heavy atom. The fourth-order valence-electron chi connectivity index (χ4n) is 2.95. The van der Waals surface area contributed by atoms with Gasteiger partial charge < -0.3 is 14.6 Å². The van der Waals surface area contributed by atoms with Crippen LogP contribution in [0.3, 0.4) is 0 Å². The van der Waals surface area contributed by atoms with Crippen molar-refractivity contribution in [2.75, 3.05) is 31.1 Å². The monoisotopic (exact) mass is 282 g/mol. The Hall–Kier alpha value is -2.14. The topological polar surface area (TPSA) is 54.2 Å². The van der Waals surface area contributed by atoms with E-state index in [0.717, 1.165) is 54.0 Å². The van der Waals surface area contributed by atoms with Crippen molar-refractivity contribution in [1.82, 2.24) is 15.3 Å². The third kappa shape index (κ3) is 2.05. The van der Waals surface area contributed by atoms with Crippen molar-refractivity contribution in [2.45, 2.75) is 13.8 Å². The molecule has 3 heterocycles. The number of anilines is 1. The van der Waals surface area contributed by atoms with Gasteiger partial charge in [-0.25, -0.2) is 9.97 Å². The summed E-state index contributed by atoms with van der Waals surface area (Å²) in [4.78, 5) is 11.7. The van der Waals surface area contributed by atoms with Crippen LogP contribution < -0.4 is 10.2 Å². The maximum absolute atomic E-state index is 5.87. The maximum atomic E-state index is 5.87. The van der Waals surface area contributed by atoms with E-state index in [-0.39, 0.29) is 0 Å². The fourth-order valence-corrected chi connectivity index (χ4v) is 2.95. The highest BCUT2D eigenvalue weighted by molar-refractivity contribution is 6.05. The largest absolute Gasteiger partial charge is 0.440 e. The Morgan fingerprint density at radius 1 is 1.14 bits per heavy atom. The van der Waals surface area contributed by atoms with Crippen molar-refractivity contribution < 1.29 is 4.42 Å². The van der Waals surface area contributed by atoms with Crippen molar-refractivity contribution in [3.63, 3.8) is 0 Å². The number of aryl methyl sites for hydroxylation is 2. The van der Waals surface area contributed by atoms with Gasteiger partial charge in [0.15, 0.2) is 22.8 Å². The summed E-state index contributed by atoms with van der Waals surface area (Å²) < 4.78 is 5.87. The zero-order valence-corrected chi connectivity index (χ0v) is 12.3. The van der Waals surface area contributed by atoms with Gasteiger partial charge in [-0.05, 0) is 19.1 Å². The standard InChI is InChI=1S/C16H18N4O/c1-10-3-4-13-12(9-10)15-14(18-11(2)21-15)16(19-13)20-7-5-17-6-8-20/h3-4,9,17H,5-8H2,1-2H3. The predicted octanol–water partition coefficient (Wildman–Crippen LogP) is 2.40. The number of aromatic nitrogens is 2. The minimum absolute atomic E-state index is 0.692. The highest BCUT2D eigenvalue weighted by Crippen LogP contribution is 2.32. The van der Waals surface area contributed by atoms with Gasteiger partial charge >= 0.3 is 0 Å². The molecule has 4 rings (SSSR count). The lowest BCUT2D eigenvalue weighted by Gasteiger charge is -2.28. The maximum Gasteiger partial charge on any atom is 0.192 e. The Kier molecular flexibility index (Phi) is 2.82. The van der Waals surface area contributed by atoms with Crippen LogP contribution in [-0.2, 0) is 0 Å². The summed E-state index contributed by atoms with van der Waals surface area (Å²) in [6.07, 6.45) is 0. The van der Waals surface area contributed by atoms with Crippen LogP contribution in [0.15, 0.2) is 22.6 Å². The average molecular weight is 282 g/mol. The molecule has 3 aromatic rings. The quantitative estimate of drug-likeness (QED) is 0.743. The lowest BCUT2D eigenvalue weighted by Crippen LogP contribution is -2.44. The van der Waals surface area contributed by atoms with Crippen LogP contribution >= 0.6 is 0 Å². The number of piperazine rings is 1. The van der Waals surface area contributed by atoms with E-state index >= 15 is 0 Å². The first kappa shape index (κ1) is 12.6. The first-order chi connectivity index (χ1) is 10.2. The van der Waals surface area contributed by atoms with Crippen LogP contribution in [0.5, 0.6) is 0 Å². The van der Waals surface area contributed by atoms with Crippen LogP contribution in [0.4, 0.5) is 5.82 Å². The molecule has 0 radical (unpaired) electrons. The molecule has 0 unspecified atom stereocenters. The summed E-state index contributed by atoms with van der Waals surface area (Å²) in [6, 6.07) is 6.27. The van der Waals surface area contributed by atoms with Gasteiger partial charge in [0.25, 0.3) is 0 Å². The minimum Gasteiger partial charge on any atom is -0.440 e. The molecule has 1 N–H and O–H groups in total. The molecule has 0 aliphatic carbocycles. The Balaban J connectivity index is 2.02. The second-order valence-electron chi connectivity index (χ2n) is 5.60. The predicted molar refractivity (Wildman–Crippen MR) is 83.9 cm³/mol. The van der Waals surface area contributed by atoms with Gasteiger partial charge in [0, 0.05) is 38.5 Å². The van der Waals surface area contributed by atoms with Gasteiger partial charge in [-0.3, -0.25) is 0 Å². The third-order valence-electron chi connectivity index (χ3n) is 3.99. The third-order valence-corrected chi connectivity index (χ3v) is 3.99. The number of rotatable bonds is 1. The number of hydrogen-bond acceptors (Lipinski definition) is 5. The van der Waals surface area contributed by atoms with E-state index in [1.165, 1.54) is 5.56 Å². The lowest BCUT2D eigenvalue weighted by molar-refractivity contribution is 0.563. The summed E-state index contributed by atoms with van der Waals surface area (Å²) in [5.41, 5.74) is 3.91. The van der Waals surface area contributed by atoms with Gasteiger partial charge in [0.2, 0.25) is 0 Å². The molecule has 0 atom stereocenters. The first-order valence-electron chi connectivity index (χ1n) is 7.35. The van der Waals surface area contributed by atoms with Gasteiger partial charge in [-0.2, -0.15) is 0 Å². The van der Waals surface area contributed by atoms with Crippen molar-refractivity contribution in [3.05, 3.63) is 29.7 Å². The van der Waals surface area contributed by atoms with Crippen LogP contribution in [0.25, 0.3) is 22.0 Å². The molecule has 0 saturated carbocycles. The average Bonchev–Trinajstić information content (AvgIpc) is 2.89. The Labute approximate surface area is 123 Å². The zero-order chi connectivity index (χ0) is 14.4. The molecule has 5 heteroatoms. The van der Waals surface area contributed by atoms with E-state index < -0.39 is 0 Å². The van der Waals surface area contributed by atoms with Gasteiger partial charge in [-0.15, -0.1) is 0 Å². The molecule has 1 fully saturated rings. The number of nitrogens with one attached hydrogen (secondary N) is 1. The van der Waals surface area contributed by atoms with Crippen molar-refractivity contribution in [2.24, 2.45) is 0 Å². The highest BCUT2D eigenvalue weighted by atomic mass is 16.3. The molecule has 1 aromatic carbocycles. The van der Waals surface area contributed by atoms with Crippen molar-refractivity contribution in [1.29, 1.82) is 0 Å². The molecule has 1 aliphatic heterocycles. The molecule has 0 amide bonds. The van der Waals surface area contributed by atoms with E-state index in [4.69, 9.17) is 9.40 Å². The van der Waals surface area contributed by atoms with Crippen LogP contribution in [-0.4, -0.2) is 36.1 Å². The van der Waals surface area contributed by atoms with Crippen LogP contribution in [0.2, 0.25) is 0 Å². The SMILES string of the molecule is Cc1ccc2nc(N3CCNCC3)c3nc(C)oc3c2c1. The number of benzene rings is 1. The van der Waals surface area contributed by atoms with E-state index in [9.17, 15) is 0 Å². The van der Waals surface area contributed by atoms with Crippen LogP contribution in [0.1, 0.15) is 11.5 Å². The fraction of sp³-hybridized carbons (Fsp3) is 0.375. The number of hydrogen-bond donors (Lipinski definition) is 1. The summed E-state index contributed by atoms with van der Waals surface area (Å²) in [6.45, 7) is 7.83. The molecule has 21 heavy (non-hydrogen) atoms. The number of nitrogens with zero attached hydrogens (tertiary/aromatic N) is 3. The second-order valence-corrected chi connectivity index (χ2v) is 5.60. The number of oxazole rings is 1. The molecular weight excluding hydrogens is 264 g/mol. The molecule has 0 bridgehead atoms. The molecule has 0 spiro atoms. The smallest absolute Gasteiger partial charge is 0.192 e. The number of fused-ring (bicyclic) bond motifs is 3. The Morgan fingerprint density at radius 3 is 2.76 bits per heavy atom. The first-order valence-corrected chi connectivity index (χ1v) is 7.35. The van der Waals surface area contributed by atoms with Crippen molar-refractivity contribution in [3.8, 4) is 0 Å². The molecule has 1 saturated heterocycles. The van der Waals surface area contributed by atoms with E-state index in [1.54, 1.807) is 0 Å².